The normalized spacial score (nSPS) is 10.3. The van der Waals surface area contributed by atoms with Crippen LogP contribution in [0.3, 0.4) is 0 Å². The van der Waals surface area contributed by atoms with Gasteiger partial charge in [-0.15, -0.1) is 11.3 Å². The summed E-state index contributed by atoms with van der Waals surface area (Å²) in [5.74, 6) is -0.257. The van der Waals surface area contributed by atoms with E-state index in [-0.39, 0.29) is 24.5 Å². The molecule has 5 nitrogen and oxygen atoms in total. The van der Waals surface area contributed by atoms with Gasteiger partial charge < -0.3 is 5.32 Å². The van der Waals surface area contributed by atoms with E-state index >= 15 is 0 Å². The lowest BCUT2D eigenvalue weighted by Crippen LogP contribution is -2.13. The number of carbonyl (C=O) groups is 2. The Morgan fingerprint density at radius 2 is 1.88 bits per heavy atom. The molecule has 1 aromatic carbocycles. The van der Waals surface area contributed by atoms with Crippen molar-refractivity contribution in [1.29, 1.82) is 0 Å². The fraction of sp³-hybridized carbons (Fsp3) is 0.111. The van der Waals surface area contributed by atoms with Gasteiger partial charge in [-0.2, -0.15) is 0 Å². The van der Waals surface area contributed by atoms with Crippen molar-refractivity contribution in [3.8, 4) is 11.3 Å². The lowest BCUT2D eigenvalue weighted by atomic mass is 10.1. The van der Waals surface area contributed by atoms with Gasteiger partial charge in [0.2, 0.25) is 5.91 Å². The van der Waals surface area contributed by atoms with Crippen LogP contribution in [0.5, 0.6) is 0 Å². The van der Waals surface area contributed by atoms with Crippen LogP contribution in [0.15, 0.2) is 60.2 Å². The van der Waals surface area contributed by atoms with Gasteiger partial charge in [0.25, 0.3) is 0 Å². The maximum atomic E-state index is 12.0. The number of nitrogens with one attached hydrogen (secondary N) is 1. The zero-order valence-electron chi connectivity index (χ0n) is 12.8. The summed E-state index contributed by atoms with van der Waals surface area (Å²) in [5, 5.41) is 5.12. The predicted octanol–water partition coefficient (Wildman–Crippen LogP) is 3.81. The molecular formula is C18H15N3O2S. The van der Waals surface area contributed by atoms with E-state index in [1.54, 1.807) is 24.5 Å². The fourth-order valence-corrected chi connectivity index (χ4v) is 2.89. The topological polar surface area (TPSA) is 72.0 Å². The molecule has 3 rings (SSSR count). The average molecular weight is 337 g/mol. The van der Waals surface area contributed by atoms with Crippen LogP contribution in [0.25, 0.3) is 11.3 Å². The van der Waals surface area contributed by atoms with Crippen LogP contribution in [0.4, 0.5) is 5.13 Å². The summed E-state index contributed by atoms with van der Waals surface area (Å²) >= 11 is 1.35. The molecule has 0 aliphatic heterocycles. The number of hydrogen-bond donors (Lipinski definition) is 1. The van der Waals surface area contributed by atoms with Gasteiger partial charge in [-0.1, -0.05) is 30.3 Å². The number of anilines is 1. The largest absolute Gasteiger partial charge is 0.302 e. The number of carbonyl (C=O) groups excluding carboxylic acids is 2. The smallest absolute Gasteiger partial charge is 0.226 e. The third kappa shape index (κ3) is 4.11. The number of nitrogens with zero attached hydrogens (tertiary/aromatic N) is 2. The maximum absolute atomic E-state index is 12.0. The van der Waals surface area contributed by atoms with Gasteiger partial charge in [0.05, 0.1) is 5.69 Å². The first-order valence-electron chi connectivity index (χ1n) is 7.46. The molecule has 120 valence electrons. The molecule has 3 aromatic rings. The van der Waals surface area contributed by atoms with Crippen molar-refractivity contribution in [3.63, 3.8) is 0 Å². The molecule has 6 heteroatoms. The number of thiazole rings is 1. The van der Waals surface area contributed by atoms with E-state index in [9.17, 15) is 9.59 Å². The summed E-state index contributed by atoms with van der Waals surface area (Å²) in [6.45, 7) is 0. The number of hydrogen-bond acceptors (Lipinski definition) is 5. The first-order valence-corrected chi connectivity index (χ1v) is 8.34. The highest BCUT2D eigenvalue weighted by Crippen LogP contribution is 2.24. The van der Waals surface area contributed by atoms with Gasteiger partial charge in [0.1, 0.15) is 0 Å². The third-order valence-corrected chi connectivity index (χ3v) is 4.14. The lowest BCUT2D eigenvalue weighted by Gasteiger charge is -2.02. The van der Waals surface area contributed by atoms with Crippen LogP contribution in [-0.2, 0) is 4.79 Å². The summed E-state index contributed by atoms with van der Waals surface area (Å²) in [6, 6.07) is 12.7. The molecule has 0 unspecified atom stereocenters. The number of rotatable bonds is 6. The van der Waals surface area contributed by atoms with E-state index in [0.29, 0.717) is 10.7 Å². The standard InChI is InChI=1S/C18H15N3O2S/c22-16(13-5-2-1-3-6-13)8-9-17(23)21-18-20-15(12-24-18)14-7-4-10-19-11-14/h1-7,10-12H,8-9H2,(H,20,21,23). The van der Waals surface area contributed by atoms with Crippen molar-refractivity contribution >= 4 is 28.2 Å². The number of aromatic nitrogens is 2. The molecule has 2 aromatic heterocycles. The van der Waals surface area contributed by atoms with Crippen molar-refractivity contribution < 1.29 is 9.59 Å². The predicted molar refractivity (Wildman–Crippen MR) is 94.0 cm³/mol. The molecule has 0 radical (unpaired) electrons. The van der Waals surface area contributed by atoms with Gasteiger partial charge in [-0.25, -0.2) is 4.98 Å². The van der Waals surface area contributed by atoms with Crippen LogP contribution in [0, 0.1) is 0 Å². The second-order valence-corrected chi connectivity index (χ2v) is 5.98. The summed E-state index contributed by atoms with van der Waals surface area (Å²) in [7, 11) is 0. The number of Topliss-reactive ketones (excluding diaryl/α,β-unsaturated/α-hetero) is 1. The minimum absolute atomic E-state index is 0.0408. The molecule has 2 heterocycles. The number of ketones is 1. The Kier molecular flexibility index (Phi) is 5.08. The Morgan fingerprint density at radius 1 is 1.04 bits per heavy atom. The molecule has 24 heavy (non-hydrogen) atoms. The van der Waals surface area contributed by atoms with E-state index in [4.69, 9.17) is 0 Å². The summed E-state index contributed by atoms with van der Waals surface area (Å²) in [4.78, 5) is 32.4. The Labute approximate surface area is 143 Å². The second-order valence-electron chi connectivity index (χ2n) is 5.12. The highest BCUT2D eigenvalue weighted by molar-refractivity contribution is 7.14. The lowest BCUT2D eigenvalue weighted by molar-refractivity contribution is -0.116. The minimum atomic E-state index is -0.216. The first kappa shape index (κ1) is 16.0. The van der Waals surface area contributed by atoms with E-state index in [1.807, 2.05) is 35.7 Å². The monoisotopic (exact) mass is 337 g/mol. The van der Waals surface area contributed by atoms with Crippen LogP contribution < -0.4 is 5.32 Å². The van der Waals surface area contributed by atoms with Crippen LogP contribution in [0.1, 0.15) is 23.2 Å². The molecule has 0 spiro atoms. The van der Waals surface area contributed by atoms with E-state index in [0.717, 1.165) is 11.3 Å². The van der Waals surface area contributed by atoms with Gasteiger partial charge in [-0.3, -0.25) is 14.6 Å². The number of pyridine rings is 1. The van der Waals surface area contributed by atoms with Gasteiger partial charge in [-0.05, 0) is 12.1 Å². The summed E-state index contributed by atoms with van der Waals surface area (Å²) in [5.41, 5.74) is 2.29. The summed E-state index contributed by atoms with van der Waals surface area (Å²) in [6.07, 6.45) is 3.73. The maximum Gasteiger partial charge on any atom is 0.226 e. The van der Waals surface area contributed by atoms with E-state index in [2.05, 4.69) is 15.3 Å². The number of benzene rings is 1. The van der Waals surface area contributed by atoms with Crippen LogP contribution in [-0.4, -0.2) is 21.7 Å². The molecule has 0 bridgehead atoms. The van der Waals surface area contributed by atoms with Crippen molar-refractivity contribution in [3.05, 3.63) is 65.8 Å². The highest BCUT2D eigenvalue weighted by atomic mass is 32.1. The zero-order valence-corrected chi connectivity index (χ0v) is 13.6. The van der Waals surface area contributed by atoms with E-state index < -0.39 is 0 Å². The number of amides is 1. The van der Waals surface area contributed by atoms with Crippen molar-refractivity contribution in [1.82, 2.24) is 9.97 Å². The van der Waals surface area contributed by atoms with E-state index in [1.165, 1.54) is 11.3 Å². The second kappa shape index (κ2) is 7.61. The molecule has 1 amide bonds. The van der Waals surface area contributed by atoms with Crippen molar-refractivity contribution in [2.75, 3.05) is 5.32 Å². The van der Waals surface area contributed by atoms with Gasteiger partial charge >= 0.3 is 0 Å². The molecule has 1 N–H and O–H groups in total. The fourth-order valence-electron chi connectivity index (χ4n) is 2.16. The van der Waals surface area contributed by atoms with Crippen molar-refractivity contribution in [2.45, 2.75) is 12.8 Å². The SMILES string of the molecule is O=C(CCC(=O)c1ccccc1)Nc1nc(-c2cccnc2)cs1. The van der Waals surface area contributed by atoms with Gasteiger partial charge in [0.15, 0.2) is 10.9 Å². The molecule has 0 saturated carbocycles. The van der Waals surface area contributed by atoms with Crippen molar-refractivity contribution in [2.24, 2.45) is 0 Å². The molecule has 0 fully saturated rings. The Balaban J connectivity index is 1.54. The minimum Gasteiger partial charge on any atom is -0.302 e. The quantitative estimate of drug-likeness (QED) is 0.694. The Hall–Kier alpha value is -2.86. The average Bonchev–Trinajstić information content (AvgIpc) is 3.09. The first-order chi connectivity index (χ1) is 11.7. The molecule has 0 aliphatic carbocycles. The molecule has 0 aliphatic rings. The molecule has 0 atom stereocenters. The third-order valence-electron chi connectivity index (χ3n) is 3.38. The zero-order chi connectivity index (χ0) is 16.8. The Bertz CT molecular complexity index is 832. The van der Waals surface area contributed by atoms with Gasteiger partial charge in [0, 0.05) is 41.7 Å². The summed E-state index contributed by atoms with van der Waals surface area (Å²) < 4.78 is 0. The highest BCUT2D eigenvalue weighted by Gasteiger charge is 2.11. The Morgan fingerprint density at radius 3 is 2.62 bits per heavy atom. The molecule has 0 saturated heterocycles. The molecular weight excluding hydrogens is 322 g/mol. The van der Waals surface area contributed by atoms with Crippen LogP contribution >= 0.6 is 11.3 Å². The van der Waals surface area contributed by atoms with Crippen LogP contribution in [0.2, 0.25) is 0 Å².